The molecule has 0 saturated carbocycles. The number of nitrogens with one attached hydrogen (secondary N) is 2. The van der Waals surface area contributed by atoms with Gasteiger partial charge in [-0.3, -0.25) is 25.2 Å². The molecule has 0 bridgehead atoms. The largest absolute Gasteiger partial charge is 0.311 e. The summed E-state index contributed by atoms with van der Waals surface area (Å²) in [6.45, 7) is 0.566. The summed E-state index contributed by atoms with van der Waals surface area (Å²) in [5.41, 5.74) is 5.80. The molecule has 1 saturated heterocycles. The number of amides is 3. The van der Waals surface area contributed by atoms with Gasteiger partial charge in [0.25, 0.3) is 11.8 Å². The normalized spacial score (nSPS) is 13.6. The van der Waals surface area contributed by atoms with Crippen LogP contribution >= 0.6 is 23.2 Å². The molecule has 0 radical (unpaired) electrons. The molecule has 1 aliphatic heterocycles. The Morgan fingerprint density at radius 1 is 0.923 bits per heavy atom. The van der Waals surface area contributed by atoms with E-state index in [0.29, 0.717) is 34.3 Å². The Morgan fingerprint density at radius 3 is 2.15 bits per heavy atom. The van der Waals surface area contributed by atoms with E-state index >= 15 is 0 Å². The Balaban J connectivity index is 1.69. The molecule has 0 atom stereocenters. The molecule has 1 aliphatic rings. The first-order valence-corrected chi connectivity index (χ1v) is 8.67. The van der Waals surface area contributed by atoms with E-state index in [2.05, 4.69) is 10.9 Å². The molecular formula is C18H15Cl2N3O3. The van der Waals surface area contributed by atoms with Crippen LogP contribution < -0.4 is 15.8 Å². The molecule has 1 heterocycles. The second-order valence-corrected chi connectivity index (χ2v) is 6.57. The number of anilines is 1. The second-order valence-electron chi connectivity index (χ2n) is 5.73. The molecule has 0 unspecified atom stereocenters. The fourth-order valence-corrected chi connectivity index (χ4v) is 2.97. The van der Waals surface area contributed by atoms with E-state index in [1.807, 2.05) is 0 Å². The van der Waals surface area contributed by atoms with Crippen LogP contribution in [0.4, 0.5) is 5.69 Å². The van der Waals surface area contributed by atoms with Gasteiger partial charge in [-0.2, -0.15) is 0 Å². The van der Waals surface area contributed by atoms with Crippen molar-refractivity contribution in [2.75, 3.05) is 11.4 Å². The molecule has 2 aromatic carbocycles. The van der Waals surface area contributed by atoms with Crippen molar-refractivity contribution in [2.24, 2.45) is 0 Å². The van der Waals surface area contributed by atoms with Crippen LogP contribution in [0.1, 0.15) is 33.6 Å². The van der Waals surface area contributed by atoms with Crippen LogP contribution in [0.3, 0.4) is 0 Å². The van der Waals surface area contributed by atoms with Crippen molar-refractivity contribution < 1.29 is 14.4 Å². The van der Waals surface area contributed by atoms with Gasteiger partial charge in [0, 0.05) is 29.1 Å². The van der Waals surface area contributed by atoms with Gasteiger partial charge in [0.05, 0.1) is 10.7 Å². The summed E-state index contributed by atoms with van der Waals surface area (Å²) in [5.74, 6) is -1.02. The second kappa shape index (κ2) is 7.76. The average molecular weight is 392 g/mol. The minimum Gasteiger partial charge on any atom is -0.311 e. The van der Waals surface area contributed by atoms with Crippen LogP contribution in [-0.2, 0) is 4.79 Å². The van der Waals surface area contributed by atoms with Gasteiger partial charge in [0.15, 0.2) is 0 Å². The van der Waals surface area contributed by atoms with Gasteiger partial charge in [-0.1, -0.05) is 23.2 Å². The highest BCUT2D eigenvalue weighted by atomic mass is 35.5. The highest BCUT2D eigenvalue weighted by Gasteiger charge is 2.24. The summed E-state index contributed by atoms with van der Waals surface area (Å²) in [6, 6.07) is 10.9. The summed E-state index contributed by atoms with van der Waals surface area (Å²) in [5, 5.41) is 0.901. The zero-order chi connectivity index (χ0) is 18.7. The highest BCUT2D eigenvalue weighted by Crippen LogP contribution is 2.30. The van der Waals surface area contributed by atoms with E-state index in [0.717, 1.165) is 6.42 Å². The first-order valence-electron chi connectivity index (χ1n) is 7.92. The standard InChI is InChI=1S/C18H15Cl2N3O3/c19-13-6-3-11(4-7-13)17(25)21-22-18(26)12-5-8-14(20)15(10-12)23-9-1-2-16(23)24/h3-8,10H,1-2,9H2,(H,21,25)(H,22,26). The minimum absolute atomic E-state index is 0.0273. The monoisotopic (exact) mass is 391 g/mol. The fourth-order valence-electron chi connectivity index (χ4n) is 2.62. The first-order chi connectivity index (χ1) is 12.5. The molecule has 3 rings (SSSR count). The van der Waals surface area contributed by atoms with Crippen molar-refractivity contribution in [1.29, 1.82) is 0 Å². The predicted octanol–water partition coefficient (Wildman–Crippen LogP) is 3.20. The van der Waals surface area contributed by atoms with E-state index in [-0.39, 0.29) is 11.5 Å². The molecule has 26 heavy (non-hydrogen) atoms. The summed E-state index contributed by atoms with van der Waals surface area (Å²) in [4.78, 5) is 37.8. The van der Waals surface area contributed by atoms with E-state index in [4.69, 9.17) is 23.2 Å². The lowest BCUT2D eigenvalue weighted by atomic mass is 10.1. The molecule has 3 amide bonds. The Hall–Kier alpha value is -2.57. The quantitative estimate of drug-likeness (QED) is 0.788. The summed E-state index contributed by atoms with van der Waals surface area (Å²) in [6.07, 6.45) is 1.21. The molecule has 0 spiro atoms. The van der Waals surface area contributed by atoms with Crippen LogP contribution in [-0.4, -0.2) is 24.3 Å². The molecule has 0 aliphatic carbocycles. The van der Waals surface area contributed by atoms with Crippen LogP contribution in [0.15, 0.2) is 42.5 Å². The maximum absolute atomic E-state index is 12.3. The Kier molecular flexibility index (Phi) is 5.44. The first kappa shape index (κ1) is 18.2. The number of halogens is 2. The third-order valence-corrected chi connectivity index (χ3v) is 4.54. The van der Waals surface area contributed by atoms with Crippen LogP contribution in [0.2, 0.25) is 10.0 Å². The third-order valence-electron chi connectivity index (χ3n) is 3.97. The summed E-state index contributed by atoms with van der Waals surface area (Å²) in [7, 11) is 0. The average Bonchev–Trinajstić information content (AvgIpc) is 3.06. The Labute approximate surface area is 160 Å². The van der Waals surface area contributed by atoms with Gasteiger partial charge in [-0.15, -0.1) is 0 Å². The van der Waals surface area contributed by atoms with E-state index in [1.54, 1.807) is 35.2 Å². The van der Waals surface area contributed by atoms with Gasteiger partial charge >= 0.3 is 0 Å². The lowest BCUT2D eigenvalue weighted by molar-refractivity contribution is -0.117. The Bertz CT molecular complexity index is 868. The zero-order valence-electron chi connectivity index (χ0n) is 13.6. The number of benzene rings is 2. The van der Waals surface area contributed by atoms with Gasteiger partial charge in [-0.05, 0) is 48.9 Å². The molecular weight excluding hydrogens is 377 g/mol. The number of rotatable bonds is 3. The number of hydrogen-bond acceptors (Lipinski definition) is 3. The van der Waals surface area contributed by atoms with Crippen molar-refractivity contribution in [2.45, 2.75) is 12.8 Å². The van der Waals surface area contributed by atoms with Crippen LogP contribution in [0.25, 0.3) is 0 Å². The summed E-state index contributed by atoms with van der Waals surface area (Å²) < 4.78 is 0. The number of hydrazine groups is 1. The molecule has 134 valence electrons. The third kappa shape index (κ3) is 3.98. The SMILES string of the molecule is O=C(NNC(=O)c1ccc(Cl)c(N2CCCC2=O)c1)c1ccc(Cl)cc1. The summed E-state index contributed by atoms with van der Waals surface area (Å²) >= 11 is 11.9. The van der Waals surface area contributed by atoms with Crippen molar-refractivity contribution >= 4 is 46.6 Å². The fraction of sp³-hybridized carbons (Fsp3) is 0.167. The van der Waals surface area contributed by atoms with Gasteiger partial charge in [0.1, 0.15) is 0 Å². The molecule has 2 N–H and O–H groups in total. The maximum Gasteiger partial charge on any atom is 0.269 e. The molecule has 8 heteroatoms. The van der Waals surface area contributed by atoms with Crippen LogP contribution in [0.5, 0.6) is 0 Å². The van der Waals surface area contributed by atoms with Crippen molar-refractivity contribution in [3.8, 4) is 0 Å². The molecule has 2 aromatic rings. The lowest BCUT2D eigenvalue weighted by Crippen LogP contribution is -2.41. The van der Waals surface area contributed by atoms with Gasteiger partial charge in [0.2, 0.25) is 5.91 Å². The highest BCUT2D eigenvalue weighted by molar-refractivity contribution is 6.34. The van der Waals surface area contributed by atoms with E-state index < -0.39 is 11.8 Å². The maximum atomic E-state index is 12.3. The smallest absolute Gasteiger partial charge is 0.269 e. The molecule has 0 aromatic heterocycles. The van der Waals surface area contributed by atoms with Gasteiger partial charge in [-0.25, -0.2) is 0 Å². The predicted molar refractivity (Wildman–Crippen MR) is 99.4 cm³/mol. The number of nitrogens with zero attached hydrogens (tertiary/aromatic N) is 1. The van der Waals surface area contributed by atoms with Crippen molar-refractivity contribution in [1.82, 2.24) is 10.9 Å². The van der Waals surface area contributed by atoms with E-state index in [9.17, 15) is 14.4 Å². The number of hydrogen-bond donors (Lipinski definition) is 2. The van der Waals surface area contributed by atoms with E-state index in [1.165, 1.54) is 12.1 Å². The number of carbonyl (C=O) groups excluding carboxylic acids is 3. The van der Waals surface area contributed by atoms with Gasteiger partial charge < -0.3 is 4.90 Å². The Morgan fingerprint density at radius 2 is 1.54 bits per heavy atom. The minimum atomic E-state index is -0.517. The molecule has 6 nitrogen and oxygen atoms in total. The molecule has 1 fully saturated rings. The number of carbonyl (C=O) groups is 3. The lowest BCUT2D eigenvalue weighted by Gasteiger charge is -2.18. The topological polar surface area (TPSA) is 78.5 Å². The zero-order valence-corrected chi connectivity index (χ0v) is 15.1. The van der Waals surface area contributed by atoms with Crippen LogP contribution in [0, 0.1) is 0 Å². The van der Waals surface area contributed by atoms with Crippen molar-refractivity contribution in [3.63, 3.8) is 0 Å². The van der Waals surface area contributed by atoms with Crippen molar-refractivity contribution in [3.05, 3.63) is 63.6 Å².